The van der Waals surface area contributed by atoms with E-state index in [0.29, 0.717) is 11.4 Å². The third-order valence-corrected chi connectivity index (χ3v) is 3.45. The van der Waals surface area contributed by atoms with Gasteiger partial charge in [-0.1, -0.05) is 24.6 Å². The molecule has 0 aliphatic rings. The second-order valence-corrected chi connectivity index (χ2v) is 6.59. The van der Waals surface area contributed by atoms with Crippen LogP contribution in [0, 0.1) is 0 Å². The molecule has 122 valence electrons. The first-order valence-corrected chi connectivity index (χ1v) is 7.90. The number of ether oxygens (including phenoxy) is 1. The zero-order valence-electron chi connectivity index (χ0n) is 14.3. The van der Waals surface area contributed by atoms with Crippen LogP contribution in [-0.2, 0) is 6.42 Å². The van der Waals surface area contributed by atoms with Gasteiger partial charge in [0.2, 0.25) is 0 Å². The Hall–Kier alpha value is -1.91. The van der Waals surface area contributed by atoms with E-state index >= 15 is 0 Å². The van der Waals surface area contributed by atoms with E-state index in [1.807, 2.05) is 32.9 Å². The molecule has 0 saturated carbocycles. The molecule has 22 heavy (non-hydrogen) atoms. The summed E-state index contributed by atoms with van der Waals surface area (Å²) >= 11 is 0. The van der Waals surface area contributed by atoms with Gasteiger partial charge in [-0.05, 0) is 39.7 Å². The molecule has 1 aromatic carbocycles. The fourth-order valence-corrected chi connectivity index (χ4v) is 2.43. The van der Waals surface area contributed by atoms with Crippen molar-refractivity contribution < 1.29 is 9.57 Å². The van der Waals surface area contributed by atoms with Crippen LogP contribution in [0.4, 0.5) is 5.69 Å². The summed E-state index contributed by atoms with van der Waals surface area (Å²) in [6.07, 6.45) is 4.42. The Bertz CT molecular complexity index is 641. The van der Waals surface area contributed by atoms with E-state index in [1.54, 1.807) is 12.0 Å². The van der Waals surface area contributed by atoms with Crippen molar-refractivity contribution in [1.29, 1.82) is 0 Å². The van der Waals surface area contributed by atoms with Crippen LogP contribution in [0.2, 0.25) is 0 Å². The van der Waals surface area contributed by atoms with Crippen LogP contribution >= 0.6 is 0 Å². The second-order valence-electron chi connectivity index (χ2n) is 6.59. The number of aryl methyl sites for hydroxylation is 1. The largest absolute Gasteiger partial charge is 0.495 e. The summed E-state index contributed by atoms with van der Waals surface area (Å²) in [5.74, 6) is 0.645. The van der Waals surface area contributed by atoms with E-state index in [-0.39, 0.29) is 5.60 Å². The Morgan fingerprint density at radius 2 is 1.95 bits per heavy atom. The van der Waals surface area contributed by atoms with Crippen LogP contribution in [0.3, 0.4) is 0 Å². The first kappa shape index (κ1) is 16.5. The van der Waals surface area contributed by atoms with Crippen LogP contribution in [-0.4, -0.2) is 22.7 Å². The first-order chi connectivity index (χ1) is 10.4. The van der Waals surface area contributed by atoms with Crippen molar-refractivity contribution in [2.45, 2.75) is 59.0 Å². The van der Waals surface area contributed by atoms with Gasteiger partial charge in [-0.25, -0.2) is 0 Å². The van der Waals surface area contributed by atoms with Gasteiger partial charge in [-0.2, -0.15) is 0 Å². The van der Waals surface area contributed by atoms with E-state index in [1.165, 1.54) is 12.8 Å². The smallest absolute Gasteiger partial charge is 0.144 e. The van der Waals surface area contributed by atoms with Crippen LogP contribution in [0.15, 0.2) is 12.1 Å². The lowest BCUT2D eigenvalue weighted by Crippen LogP contribution is -2.32. The molecule has 0 saturated heterocycles. The van der Waals surface area contributed by atoms with E-state index < -0.39 is 0 Å². The number of hydrogen-bond donors (Lipinski definition) is 1. The fourth-order valence-electron chi connectivity index (χ4n) is 2.43. The molecule has 0 radical (unpaired) electrons. The molecule has 2 N–H and O–H groups in total. The minimum atomic E-state index is -0.325. The first-order valence-electron chi connectivity index (χ1n) is 7.90. The summed E-state index contributed by atoms with van der Waals surface area (Å²) in [5, 5.41) is 5.69. The minimum absolute atomic E-state index is 0.325. The number of aromatic nitrogens is 2. The van der Waals surface area contributed by atoms with Crippen molar-refractivity contribution >= 4 is 16.6 Å². The summed E-state index contributed by atoms with van der Waals surface area (Å²) in [5.41, 5.74) is 8.28. The van der Waals surface area contributed by atoms with Crippen LogP contribution in [0.1, 0.15) is 52.7 Å². The molecule has 5 heteroatoms. The summed E-state index contributed by atoms with van der Waals surface area (Å²) in [4.78, 5) is 7.56. The van der Waals surface area contributed by atoms with Crippen molar-refractivity contribution in [1.82, 2.24) is 9.94 Å². The highest BCUT2D eigenvalue weighted by Crippen LogP contribution is 2.30. The minimum Gasteiger partial charge on any atom is -0.495 e. The zero-order chi connectivity index (χ0) is 16.3. The van der Waals surface area contributed by atoms with Crippen molar-refractivity contribution in [2.24, 2.45) is 0 Å². The average molecular weight is 305 g/mol. The Balaban J connectivity index is 2.48. The Labute approximate surface area is 132 Å². The van der Waals surface area contributed by atoms with Crippen molar-refractivity contribution in [3.63, 3.8) is 0 Å². The Morgan fingerprint density at radius 3 is 2.55 bits per heavy atom. The molecule has 5 nitrogen and oxygen atoms in total. The number of nitrogens with two attached hydrogens (primary N) is 1. The van der Waals surface area contributed by atoms with Gasteiger partial charge in [0.05, 0.1) is 18.5 Å². The lowest BCUT2D eigenvalue weighted by molar-refractivity contribution is -0.0274. The number of anilines is 1. The number of methoxy groups -OCH3 is 1. The van der Waals surface area contributed by atoms with Gasteiger partial charge < -0.3 is 15.3 Å². The topological polar surface area (TPSA) is 62.3 Å². The van der Waals surface area contributed by atoms with Gasteiger partial charge in [0.15, 0.2) is 0 Å². The summed E-state index contributed by atoms with van der Waals surface area (Å²) in [6.45, 7) is 8.21. The molecular weight excluding hydrogens is 278 g/mol. The van der Waals surface area contributed by atoms with Crippen molar-refractivity contribution in [3.8, 4) is 5.75 Å². The molecule has 0 atom stereocenters. The van der Waals surface area contributed by atoms with Gasteiger partial charge in [-0.3, -0.25) is 0 Å². The van der Waals surface area contributed by atoms with E-state index in [0.717, 1.165) is 29.4 Å². The molecule has 1 heterocycles. The summed E-state index contributed by atoms with van der Waals surface area (Å²) < 4.78 is 5.32. The number of fused-ring (bicyclic) bond motifs is 1. The van der Waals surface area contributed by atoms with E-state index in [9.17, 15) is 0 Å². The van der Waals surface area contributed by atoms with E-state index in [2.05, 4.69) is 12.0 Å². The number of nitrogen functional groups attached to an aromatic ring is 1. The van der Waals surface area contributed by atoms with Gasteiger partial charge >= 0.3 is 0 Å². The molecule has 0 fully saturated rings. The van der Waals surface area contributed by atoms with Crippen LogP contribution in [0.5, 0.6) is 5.75 Å². The average Bonchev–Trinajstić information content (AvgIpc) is 2.73. The maximum atomic E-state index is 6.05. The predicted octanol–water partition coefficient (Wildman–Crippen LogP) is 3.59. The number of unbranched alkanes of at least 4 members (excludes halogenated alkanes) is 2. The maximum absolute atomic E-state index is 6.05. The molecule has 0 bridgehead atoms. The number of hydrogen-bond acceptors (Lipinski definition) is 4. The molecule has 2 rings (SSSR count). The highest BCUT2D eigenvalue weighted by molar-refractivity contribution is 5.87. The standard InChI is InChI=1S/C17H27N3O2/c1-6-7-8-9-14-12-10-13(18)16(21-5)11-15(12)20(19-14)22-17(2,3)4/h10-11H,6-9,18H2,1-5H3. The van der Waals surface area contributed by atoms with Gasteiger partial charge in [0.1, 0.15) is 16.9 Å². The fraction of sp³-hybridized carbons (Fsp3) is 0.588. The van der Waals surface area contributed by atoms with Crippen LogP contribution < -0.4 is 15.3 Å². The second kappa shape index (κ2) is 6.46. The number of benzene rings is 1. The highest BCUT2D eigenvalue weighted by atomic mass is 16.7. The quantitative estimate of drug-likeness (QED) is 0.654. The van der Waals surface area contributed by atoms with Crippen molar-refractivity contribution in [2.75, 3.05) is 12.8 Å². The lowest BCUT2D eigenvalue weighted by atomic mass is 10.1. The SMILES string of the molecule is CCCCCc1nn(OC(C)(C)C)c2cc(OC)c(N)cc12. The molecule has 0 amide bonds. The van der Waals surface area contributed by atoms with Gasteiger partial charge in [0, 0.05) is 11.5 Å². The van der Waals surface area contributed by atoms with Crippen molar-refractivity contribution in [3.05, 3.63) is 17.8 Å². The number of nitrogens with zero attached hydrogens (tertiary/aromatic N) is 2. The molecular formula is C17H27N3O2. The molecule has 2 aromatic rings. The molecule has 0 spiro atoms. The summed E-state index contributed by atoms with van der Waals surface area (Å²) in [6, 6.07) is 3.83. The maximum Gasteiger partial charge on any atom is 0.144 e. The molecule has 1 aromatic heterocycles. The Kier molecular flexibility index (Phi) is 4.84. The normalized spacial score (nSPS) is 11.9. The highest BCUT2D eigenvalue weighted by Gasteiger charge is 2.19. The predicted molar refractivity (Wildman–Crippen MR) is 90.3 cm³/mol. The molecule has 0 aliphatic heterocycles. The summed E-state index contributed by atoms with van der Waals surface area (Å²) in [7, 11) is 1.62. The van der Waals surface area contributed by atoms with E-state index in [4.69, 9.17) is 15.3 Å². The number of rotatable bonds is 6. The molecule has 0 aliphatic carbocycles. The third kappa shape index (κ3) is 3.64. The van der Waals surface area contributed by atoms with Gasteiger partial charge in [0.25, 0.3) is 0 Å². The third-order valence-electron chi connectivity index (χ3n) is 3.45. The molecule has 0 unspecified atom stereocenters. The zero-order valence-corrected chi connectivity index (χ0v) is 14.3. The van der Waals surface area contributed by atoms with Gasteiger partial charge in [-0.15, -0.1) is 5.10 Å². The Morgan fingerprint density at radius 1 is 1.23 bits per heavy atom. The van der Waals surface area contributed by atoms with Crippen LogP contribution in [0.25, 0.3) is 10.9 Å². The lowest BCUT2D eigenvalue weighted by Gasteiger charge is -2.20. The monoisotopic (exact) mass is 305 g/mol.